The van der Waals surface area contributed by atoms with Gasteiger partial charge in [0, 0.05) is 35.0 Å². The first-order valence-electron chi connectivity index (χ1n) is 7.13. The van der Waals surface area contributed by atoms with Gasteiger partial charge in [0.25, 0.3) is 11.6 Å². The Hall–Kier alpha value is -3.18. The average molecular weight is 401 g/mol. The lowest BCUT2D eigenvalue weighted by Gasteiger charge is -2.05. The van der Waals surface area contributed by atoms with Crippen molar-refractivity contribution in [3.63, 3.8) is 0 Å². The lowest BCUT2D eigenvalue weighted by atomic mass is 10.2. The molecule has 0 fully saturated rings. The first-order chi connectivity index (χ1) is 12.0. The molecule has 0 unspecified atom stereocenters. The number of nitriles is 1. The van der Waals surface area contributed by atoms with Gasteiger partial charge in [0.2, 0.25) is 0 Å². The maximum atomic E-state index is 12.1. The van der Waals surface area contributed by atoms with Gasteiger partial charge in [-0.3, -0.25) is 14.9 Å². The van der Waals surface area contributed by atoms with Crippen molar-refractivity contribution >= 4 is 33.2 Å². The van der Waals surface area contributed by atoms with Crippen molar-refractivity contribution < 1.29 is 9.72 Å². The number of hydrogen-bond donors (Lipinski definition) is 2. The van der Waals surface area contributed by atoms with E-state index in [4.69, 9.17) is 5.26 Å². The maximum absolute atomic E-state index is 12.1. The van der Waals surface area contributed by atoms with Gasteiger partial charge in [-0.2, -0.15) is 5.26 Å². The second kappa shape index (κ2) is 8.61. The summed E-state index contributed by atoms with van der Waals surface area (Å²) in [6.07, 6.45) is 1.34. The minimum atomic E-state index is -0.598. The van der Waals surface area contributed by atoms with Gasteiger partial charge < -0.3 is 10.6 Å². The van der Waals surface area contributed by atoms with Gasteiger partial charge in [-0.15, -0.1) is 0 Å². The molecule has 0 heterocycles. The third-order valence-corrected chi connectivity index (χ3v) is 3.70. The zero-order chi connectivity index (χ0) is 18.2. The Morgan fingerprint density at radius 1 is 1.20 bits per heavy atom. The fraction of sp³-hybridized carbons (Fsp3) is 0.0588. The summed E-state index contributed by atoms with van der Waals surface area (Å²) in [7, 11) is 0. The van der Waals surface area contributed by atoms with E-state index in [0.29, 0.717) is 12.2 Å². The van der Waals surface area contributed by atoms with E-state index in [1.165, 1.54) is 30.5 Å². The topological polar surface area (TPSA) is 108 Å². The van der Waals surface area contributed by atoms with E-state index in [9.17, 15) is 14.9 Å². The molecule has 2 N–H and O–H groups in total. The molecule has 2 rings (SSSR count). The Kier molecular flexibility index (Phi) is 6.26. The third kappa shape index (κ3) is 5.44. The average Bonchev–Trinajstić information content (AvgIpc) is 2.60. The fourth-order valence-electron chi connectivity index (χ4n) is 1.89. The minimum Gasteiger partial charge on any atom is -0.386 e. The smallest absolute Gasteiger partial charge is 0.269 e. The number of amides is 1. The molecule has 0 aliphatic heterocycles. The van der Waals surface area contributed by atoms with Crippen LogP contribution in [0, 0.1) is 21.4 Å². The summed E-state index contributed by atoms with van der Waals surface area (Å²) < 4.78 is 0.965. The molecule has 7 nitrogen and oxygen atoms in total. The largest absolute Gasteiger partial charge is 0.386 e. The van der Waals surface area contributed by atoms with Gasteiger partial charge in [0.1, 0.15) is 11.6 Å². The van der Waals surface area contributed by atoms with Crippen LogP contribution in [0.1, 0.15) is 5.56 Å². The SMILES string of the molecule is N#C/C(=C/NCc1ccc(Br)cc1)C(=O)Nc1ccc([N+](=O)[O-])cc1. The van der Waals surface area contributed by atoms with Crippen molar-refractivity contribution in [3.05, 3.63) is 80.5 Å². The molecule has 0 saturated heterocycles. The van der Waals surface area contributed by atoms with E-state index in [2.05, 4.69) is 26.6 Å². The second-order valence-electron chi connectivity index (χ2n) is 4.94. The highest BCUT2D eigenvalue weighted by atomic mass is 79.9. The monoisotopic (exact) mass is 400 g/mol. The zero-order valence-corrected chi connectivity index (χ0v) is 14.5. The first kappa shape index (κ1) is 18.2. The molecule has 0 aliphatic rings. The number of nitro benzene ring substituents is 1. The van der Waals surface area contributed by atoms with Gasteiger partial charge in [-0.05, 0) is 29.8 Å². The molecule has 0 spiro atoms. The molecule has 126 valence electrons. The van der Waals surface area contributed by atoms with Crippen molar-refractivity contribution in [3.8, 4) is 6.07 Å². The molecule has 0 aromatic heterocycles. The van der Waals surface area contributed by atoms with Gasteiger partial charge >= 0.3 is 0 Å². The quantitative estimate of drug-likeness (QED) is 0.333. The normalized spacial score (nSPS) is 10.6. The van der Waals surface area contributed by atoms with Gasteiger partial charge in [0.05, 0.1) is 4.92 Å². The molecular weight excluding hydrogens is 388 g/mol. The molecule has 0 saturated carbocycles. The number of carbonyl (C=O) groups is 1. The number of nitro groups is 1. The van der Waals surface area contributed by atoms with Crippen LogP contribution in [0.25, 0.3) is 0 Å². The van der Waals surface area contributed by atoms with Crippen LogP contribution < -0.4 is 10.6 Å². The summed E-state index contributed by atoms with van der Waals surface area (Å²) in [5.74, 6) is -0.598. The van der Waals surface area contributed by atoms with E-state index < -0.39 is 10.8 Å². The third-order valence-electron chi connectivity index (χ3n) is 3.17. The van der Waals surface area contributed by atoms with Crippen LogP contribution in [0.4, 0.5) is 11.4 Å². The van der Waals surface area contributed by atoms with Crippen molar-refractivity contribution in [1.29, 1.82) is 5.26 Å². The summed E-state index contributed by atoms with van der Waals surface area (Å²) >= 11 is 3.35. The number of hydrogen-bond acceptors (Lipinski definition) is 5. The number of benzene rings is 2. The van der Waals surface area contributed by atoms with Crippen molar-refractivity contribution in [2.45, 2.75) is 6.54 Å². The number of anilines is 1. The summed E-state index contributed by atoms with van der Waals surface area (Å²) in [5, 5.41) is 25.1. The molecule has 0 radical (unpaired) electrons. The van der Waals surface area contributed by atoms with Crippen LogP contribution in [0.3, 0.4) is 0 Å². The van der Waals surface area contributed by atoms with E-state index in [1.54, 1.807) is 0 Å². The Balaban J connectivity index is 1.96. The highest BCUT2D eigenvalue weighted by Crippen LogP contribution is 2.16. The zero-order valence-electron chi connectivity index (χ0n) is 12.9. The van der Waals surface area contributed by atoms with Crippen LogP contribution in [-0.4, -0.2) is 10.8 Å². The van der Waals surface area contributed by atoms with Crippen LogP contribution in [-0.2, 0) is 11.3 Å². The number of non-ortho nitro benzene ring substituents is 1. The molecular formula is C17H13BrN4O3. The molecule has 0 bridgehead atoms. The van der Waals surface area contributed by atoms with Gasteiger partial charge in [-0.1, -0.05) is 28.1 Å². The second-order valence-corrected chi connectivity index (χ2v) is 5.85. The number of rotatable bonds is 6. The minimum absolute atomic E-state index is 0.0785. The molecule has 25 heavy (non-hydrogen) atoms. The Labute approximate surface area is 152 Å². The summed E-state index contributed by atoms with van der Waals surface area (Å²) in [6.45, 7) is 0.462. The molecule has 8 heteroatoms. The Morgan fingerprint density at radius 2 is 1.84 bits per heavy atom. The molecule has 0 aliphatic carbocycles. The highest BCUT2D eigenvalue weighted by Gasteiger charge is 2.10. The van der Waals surface area contributed by atoms with Gasteiger partial charge in [-0.25, -0.2) is 0 Å². The van der Waals surface area contributed by atoms with E-state index in [0.717, 1.165) is 10.0 Å². The number of nitrogens with zero attached hydrogens (tertiary/aromatic N) is 2. The fourth-order valence-corrected chi connectivity index (χ4v) is 2.15. The molecule has 2 aromatic rings. The number of nitrogens with one attached hydrogen (secondary N) is 2. The predicted octanol–water partition coefficient (Wildman–Crippen LogP) is 3.49. The summed E-state index contributed by atoms with van der Waals surface area (Å²) in [4.78, 5) is 22.1. The number of halogens is 1. The number of carbonyl (C=O) groups excluding carboxylic acids is 1. The van der Waals surface area contributed by atoms with E-state index >= 15 is 0 Å². The highest BCUT2D eigenvalue weighted by molar-refractivity contribution is 9.10. The molecule has 2 aromatic carbocycles. The van der Waals surface area contributed by atoms with Crippen LogP contribution in [0.15, 0.2) is 64.8 Å². The lowest BCUT2D eigenvalue weighted by molar-refractivity contribution is -0.384. The van der Waals surface area contributed by atoms with Crippen molar-refractivity contribution in [2.75, 3.05) is 5.32 Å². The van der Waals surface area contributed by atoms with Crippen molar-refractivity contribution in [1.82, 2.24) is 5.32 Å². The maximum Gasteiger partial charge on any atom is 0.269 e. The Morgan fingerprint density at radius 3 is 2.40 bits per heavy atom. The lowest BCUT2D eigenvalue weighted by Crippen LogP contribution is -2.16. The Bertz CT molecular complexity index is 840. The van der Waals surface area contributed by atoms with Crippen molar-refractivity contribution in [2.24, 2.45) is 0 Å². The molecule has 1 amide bonds. The standard InChI is InChI=1S/C17H13BrN4O3/c18-14-3-1-12(2-4-14)10-20-11-13(9-19)17(23)21-15-5-7-16(8-6-15)22(24)25/h1-8,11,20H,10H2,(H,21,23)/b13-11-. The van der Waals surface area contributed by atoms with E-state index in [1.807, 2.05) is 30.3 Å². The van der Waals surface area contributed by atoms with E-state index in [-0.39, 0.29) is 11.3 Å². The van der Waals surface area contributed by atoms with Gasteiger partial charge in [0.15, 0.2) is 0 Å². The van der Waals surface area contributed by atoms with Crippen LogP contribution >= 0.6 is 15.9 Å². The van der Waals surface area contributed by atoms with Crippen LogP contribution in [0.5, 0.6) is 0 Å². The summed E-state index contributed by atoms with van der Waals surface area (Å²) in [6, 6.07) is 14.8. The first-order valence-corrected chi connectivity index (χ1v) is 7.93. The summed E-state index contributed by atoms with van der Waals surface area (Å²) in [5.41, 5.74) is 1.18. The molecule has 0 atom stereocenters. The van der Waals surface area contributed by atoms with Crippen LogP contribution in [0.2, 0.25) is 0 Å². The predicted molar refractivity (Wildman–Crippen MR) is 96.4 cm³/mol.